The second kappa shape index (κ2) is 7.95. The molecular weight excluding hydrogens is 290 g/mol. The number of rotatable bonds is 6. The van der Waals surface area contributed by atoms with E-state index in [9.17, 15) is 9.59 Å². The fraction of sp³-hybridized carbons (Fsp3) is 0.474. The van der Waals surface area contributed by atoms with E-state index in [1.807, 2.05) is 30.3 Å². The van der Waals surface area contributed by atoms with Crippen LogP contribution < -0.4 is 4.90 Å². The number of carbonyl (C=O) groups is 2. The Kier molecular flexibility index (Phi) is 5.97. The van der Waals surface area contributed by atoms with Crippen molar-refractivity contribution in [2.75, 3.05) is 12.0 Å². The van der Waals surface area contributed by atoms with Crippen molar-refractivity contribution in [1.82, 2.24) is 0 Å². The molecule has 0 bridgehead atoms. The number of nitrogens with zero attached hydrogens (tertiary/aromatic N) is 1. The van der Waals surface area contributed by atoms with Gasteiger partial charge in [-0.05, 0) is 25.0 Å². The molecule has 0 fully saturated rings. The molecule has 0 aliphatic carbocycles. The van der Waals surface area contributed by atoms with Crippen molar-refractivity contribution in [3.05, 3.63) is 41.5 Å². The highest BCUT2D eigenvalue weighted by Crippen LogP contribution is 2.33. The van der Waals surface area contributed by atoms with E-state index in [4.69, 9.17) is 4.74 Å². The number of methoxy groups -OCH3 is 1. The molecule has 4 heteroatoms. The minimum Gasteiger partial charge on any atom is -0.467 e. The maximum absolute atomic E-state index is 13.1. The average molecular weight is 315 g/mol. The first kappa shape index (κ1) is 17.3. The number of hydrogen-bond donors (Lipinski definition) is 0. The number of anilines is 1. The lowest BCUT2D eigenvalue weighted by Crippen LogP contribution is -2.50. The Morgan fingerprint density at radius 2 is 1.83 bits per heavy atom. The Bertz CT molecular complexity index is 592. The summed E-state index contributed by atoms with van der Waals surface area (Å²) in [7, 11) is 1.38. The zero-order valence-corrected chi connectivity index (χ0v) is 14.2. The van der Waals surface area contributed by atoms with Gasteiger partial charge in [-0.3, -0.25) is 9.69 Å². The van der Waals surface area contributed by atoms with Crippen molar-refractivity contribution < 1.29 is 14.3 Å². The molecule has 1 aromatic carbocycles. The molecule has 1 aliphatic rings. The highest BCUT2D eigenvalue weighted by molar-refractivity contribution is 6.10. The summed E-state index contributed by atoms with van der Waals surface area (Å²) in [6.07, 6.45) is 4.06. The van der Waals surface area contributed by atoms with Crippen LogP contribution in [0.2, 0.25) is 0 Å². The summed E-state index contributed by atoms with van der Waals surface area (Å²) < 4.78 is 4.96. The summed E-state index contributed by atoms with van der Waals surface area (Å²) >= 11 is 0. The molecule has 4 nitrogen and oxygen atoms in total. The minimum absolute atomic E-state index is 0.0526. The lowest BCUT2D eigenvalue weighted by molar-refractivity contribution is -0.143. The number of ether oxygens (including phenoxy) is 1. The van der Waals surface area contributed by atoms with E-state index in [2.05, 4.69) is 13.8 Å². The van der Waals surface area contributed by atoms with Gasteiger partial charge in [-0.1, -0.05) is 50.5 Å². The summed E-state index contributed by atoms with van der Waals surface area (Å²) in [4.78, 5) is 27.0. The van der Waals surface area contributed by atoms with Crippen LogP contribution in [-0.4, -0.2) is 25.0 Å². The third-order valence-electron chi connectivity index (χ3n) is 4.21. The number of carbonyl (C=O) groups excluding carboxylic acids is 2. The van der Waals surface area contributed by atoms with Crippen molar-refractivity contribution >= 4 is 17.6 Å². The number of amides is 1. The fourth-order valence-corrected chi connectivity index (χ4v) is 3.19. The van der Waals surface area contributed by atoms with Gasteiger partial charge in [0.05, 0.1) is 7.11 Å². The van der Waals surface area contributed by atoms with Crippen molar-refractivity contribution in [2.24, 2.45) is 0 Å². The van der Waals surface area contributed by atoms with Gasteiger partial charge in [-0.15, -0.1) is 0 Å². The molecule has 1 atom stereocenters. The molecule has 2 rings (SSSR count). The smallest absolute Gasteiger partial charge is 0.329 e. The number of esters is 1. The van der Waals surface area contributed by atoms with Gasteiger partial charge in [0.15, 0.2) is 0 Å². The zero-order valence-electron chi connectivity index (χ0n) is 14.2. The van der Waals surface area contributed by atoms with Crippen LogP contribution in [0.1, 0.15) is 46.0 Å². The average Bonchev–Trinajstić information content (AvgIpc) is 2.58. The summed E-state index contributed by atoms with van der Waals surface area (Å²) in [6.45, 7) is 4.17. The largest absolute Gasteiger partial charge is 0.467 e. The van der Waals surface area contributed by atoms with Gasteiger partial charge in [0, 0.05) is 17.7 Å². The normalized spacial score (nSPS) is 18.3. The van der Waals surface area contributed by atoms with E-state index >= 15 is 0 Å². The van der Waals surface area contributed by atoms with Crippen molar-refractivity contribution in [1.29, 1.82) is 0 Å². The highest BCUT2D eigenvalue weighted by Gasteiger charge is 2.38. The molecule has 1 unspecified atom stereocenters. The summed E-state index contributed by atoms with van der Waals surface area (Å²) in [5, 5.41) is 0. The first-order valence-electron chi connectivity index (χ1n) is 8.31. The highest BCUT2D eigenvalue weighted by atomic mass is 16.5. The van der Waals surface area contributed by atoms with Crippen molar-refractivity contribution in [3.8, 4) is 0 Å². The number of para-hydroxylation sites is 1. The van der Waals surface area contributed by atoms with E-state index in [0.29, 0.717) is 6.42 Å². The molecule has 124 valence electrons. The topological polar surface area (TPSA) is 46.6 Å². The molecule has 1 aromatic rings. The molecule has 1 aliphatic heterocycles. The Morgan fingerprint density at radius 1 is 1.17 bits per heavy atom. The van der Waals surface area contributed by atoms with Crippen LogP contribution in [0.25, 0.3) is 0 Å². The Balaban J connectivity index is 2.49. The van der Waals surface area contributed by atoms with E-state index < -0.39 is 6.04 Å². The first-order valence-corrected chi connectivity index (χ1v) is 8.31. The minimum atomic E-state index is -0.572. The van der Waals surface area contributed by atoms with Crippen LogP contribution in [0, 0.1) is 0 Å². The summed E-state index contributed by atoms with van der Waals surface area (Å²) in [5.74, 6) is -0.408. The number of benzene rings is 1. The van der Waals surface area contributed by atoms with Crippen LogP contribution in [0.4, 0.5) is 5.69 Å². The quantitative estimate of drug-likeness (QED) is 0.749. The van der Waals surface area contributed by atoms with Crippen LogP contribution >= 0.6 is 0 Å². The van der Waals surface area contributed by atoms with E-state index in [1.165, 1.54) is 7.11 Å². The third kappa shape index (κ3) is 3.63. The standard InChI is InChI=1S/C19H25NO3/c1-4-9-14-13-17(19(22)23-3)20(15-11-7-6-8-12-15)18(21)16(14)10-5-2/h6-8,11-12,17H,4-5,9-10,13H2,1-3H3. The van der Waals surface area contributed by atoms with Gasteiger partial charge in [0.25, 0.3) is 5.91 Å². The van der Waals surface area contributed by atoms with Gasteiger partial charge in [0.2, 0.25) is 0 Å². The molecule has 0 aromatic heterocycles. The lowest BCUT2D eigenvalue weighted by atomic mass is 9.88. The van der Waals surface area contributed by atoms with Gasteiger partial charge < -0.3 is 4.74 Å². The molecule has 0 N–H and O–H groups in total. The Labute approximate surface area is 138 Å². The van der Waals surface area contributed by atoms with Crippen molar-refractivity contribution in [3.63, 3.8) is 0 Å². The van der Waals surface area contributed by atoms with Crippen LogP contribution in [0.3, 0.4) is 0 Å². The lowest BCUT2D eigenvalue weighted by Gasteiger charge is -2.36. The van der Waals surface area contributed by atoms with Crippen molar-refractivity contribution in [2.45, 2.75) is 52.0 Å². The van der Waals surface area contributed by atoms with Crippen LogP contribution in [0.5, 0.6) is 0 Å². The molecule has 0 spiro atoms. The molecule has 0 saturated carbocycles. The van der Waals surface area contributed by atoms with E-state index in [0.717, 1.165) is 42.5 Å². The molecule has 1 heterocycles. The second-order valence-corrected chi connectivity index (χ2v) is 5.84. The van der Waals surface area contributed by atoms with Gasteiger partial charge >= 0.3 is 5.97 Å². The molecule has 0 saturated heterocycles. The fourth-order valence-electron chi connectivity index (χ4n) is 3.19. The maximum atomic E-state index is 13.1. The van der Waals surface area contributed by atoms with Gasteiger partial charge in [-0.2, -0.15) is 0 Å². The van der Waals surface area contributed by atoms with Gasteiger partial charge in [-0.25, -0.2) is 4.79 Å². The van der Waals surface area contributed by atoms with Crippen LogP contribution in [0.15, 0.2) is 41.5 Å². The van der Waals surface area contributed by atoms with E-state index in [-0.39, 0.29) is 11.9 Å². The predicted octanol–water partition coefficient (Wildman–Crippen LogP) is 3.86. The Hall–Kier alpha value is -2.10. The third-order valence-corrected chi connectivity index (χ3v) is 4.21. The van der Waals surface area contributed by atoms with Crippen LogP contribution in [-0.2, 0) is 14.3 Å². The predicted molar refractivity (Wildman–Crippen MR) is 91.2 cm³/mol. The molecule has 1 amide bonds. The summed E-state index contributed by atoms with van der Waals surface area (Å²) in [5.41, 5.74) is 2.73. The van der Waals surface area contributed by atoms with Gasteiger partial charge in [0.1, 0.15) is 6.04 Å². The molecule has 0 radical (unpaired) electrons. The molecular formula is C19H25NO3. The molecule has 23 heavy (non-hydrogen) atoms. The summed E-state index contributed by atoms with van der Waals surface area (Å²) in [6, 6.07) is 8.81. The van der Waals surface area contributed by atoms with E-state index in [1.54, 1.807) is 4.90 Å². The SMILES string of the molecule is CCCC1=C(CCC)C(=O)N(c2ccccc2)C(C(=O)OC)C1. The first-order chi connectivity index (χ1) is 11.1. The Morgan fingerprint density at radius 3 is 2.39 bits per heavy atom. The zero-order chi connectivity index (χ0) is 16.8. The number of hydrogen-bond acceptors (Lipinski definition) is 3. The maximum Gasteiger partial charge on any atom is 0.329 e. The second-order valence-electron chi connectivity index (χ2n) is 5.84. The monoisotopic (exact) mass is 315 g/mol.